The Labute approximate surface area is 157 Å². The minimum atomic E-state index is -0.0875. The summed E-state index contributed by atoms with van der Waals surface area (Å²) in [6.45, 7) is 1.13. The second kappa shape index (κ2) is 7.15. The van der Waals surface area contributed by atoms with Crippen molar-refractivity contribution in [2.45, 2.75) is 13.0 Å². The van der Waals surface area contributed by atoms with E-state index in [2.05, 4.69) is 5.16 Å². The Balaban J connectivity index is 1.62. The van der Waals surface area contributed by atoms with Crippen LogP contribution in [0.3, 0.4) is 0 Å². The molecule has 0 atom stereocenters. The molecule has 3 aromatic rings. The summed E-state index contributed by atoms with van der Waals surface area (Å²) >= 11 is 0. The summed E-state index contributed by atoms with van der Waals surface area (Å²) in [5, 5.41) is 3.85. The summed E-state index contributed by atoms with van der Waals surface area (Å²) in [6.07, 6.45) is 2.25. The minimum Gasteiger partial charge on any atom is -0.493 e. The highest BCUT2D eigenvalue weighted by atomic mass is 16.5. The highest BCUT2D eigenvalue weighted by Crippen LogP contribution is 2.34. The van der Waals surface area contributed by atoms with Crippen molar-refractivity contribution < 1.29 is 18.8 Å². The molecule has 138 valence electrons. The molecule has 1 amide bonds. The van der Waals surface area contributed by atoms with Crippen molar-refractivity contribution in [1.82, 2.24) is 10.1 Å². The van der Waals surface area contributed by atoms with E-state index >= 15 is 0 Å². The molecule has 0 aliphatic carbocycles. The van der Waals surface area contributed by atoms with Crippen molar-refractivity contribution in [2.75, 3.05) is 20.8 Å². The number of fused-ring (bicyclic) bond motifs is 1. The zero-order valence-electron chi connectivity index (χ0n) is 15.3. The summed E-state index contributed by atoms with van der Waals surface area (Å²) in [5.41, 5.74) is 3.54. The average molecular weight is 364 g/mol. The van der Waals surface area contributed by atoms with Crippen LogP contribution in [-0.2, 0) is 13.0 Å². The Morgan fingerprint density at radius 2 is 1.78 bits per heavy atom. The van der Waals surface area contributed by atoms with Crippen molar-refractivity contribution in [3.05, 3.63) is 65.4 Å². The van der Waals surface area contributed by atoms with Crippen molar-refractivity contribution in [1.29, 1.82) is 0 Å². The number of methoxy groups -OCH3 is 2. The number of rotatable bonds is 4. The maximum Gasteiger partial charge on any atom is 0.259 e. The first-order chi connectivity index (χ1) is 13.2. The highest BCUT2D eigenvalue weighted by molar-refractivity contribution is 5.99. The lowest BCUT2D eigenvalue weighted by molar-refractivity contribution is 0.0734. The van der Waals surface area contributed by atoms with E-state index < -0.39 is 0 Å². The molecule has 0 radical (unpaired) electrons. The van der Waals surface area contributed by atoms with Crippen LogP contribution in [0, 0.1) is 0 Å². The van der Waals surface area contributed by atoms with Gasteiger partial charge in [0.05, 0.1) is 20.4 Å². The quantitative estimate of drug-likeness (QED) is 0.708. The first-order valence-corrected chi connectivity index (χ1v) is 8.74. The number of carbonyl (C=O) groups is 1. The predicted octanol–water partition coefficient (Wildman–Crippen LogP) is 3.56. The van der Waals surface area contributed by atoms with Crippen LogP contribution in [0.4, 0.5) is 0 Å². The van der Waals surface area contributed by atoms with Crippen LogP contribution in [0.5, 0.6) is 11.5 Å². The lowest BCUT2D eigenvalue weighted by atomic mass is 9.98. The third-order valence-corrected chi connectivity index (χ3v) is 4.84. The fraction of sp³-hybridized carbons (Fsp3) is 0.238. The predicted molar refractivity (Wildman–Crippen MR) is 99.9 cm³/mol. The van der Waals surface area contributed by atoms with Gasteiger partial charge in [-0.3, -0.25) is 4.79 Å². The molecule has 0 spiro atoms. The Bertz CT molecular complexity index is 966. The summed E-state index contributed by atoms with van der Waals surface area (Å²) in [6, 6.07) is 13.5. The zero-order chi connectivity index (χ0) is 18.8. The van der Waals surface area contributed by atoms with Gasteiger partial charge in [-0.15, -0.1) is 0 Å². The van der Waals surface area contributed by atoms with E-state index in [0.717, 1.165) is 17.5 Å². The van der Waals surface area contributed by atoms with Crippen LogP contribution in [-0.4, -0.2) is 36.7 Å². The number of carbonyl (C=O) groups excluding carboxylic acids is 1. The summed E-state index contributed by atoms with van der Waals surface area (Å²) in [4.78, 5) is 14.9. The summed E-state index contributed by atoms with van der Waals surface area (Å²) in [5.74, 6) is 1.79. The van der Waals surface area contributed by atoms with E-state index in [1.54, 1.807) is 14.2 Å². The number of hydrogen-bond acceptors (Lipinski definition) is 5. The molecule has 2 heterocycles. The SMILES string of the molecule is COc1cc2c(cc1OC)CN(C(=O)c1cnoc1-c1ccccc1)CC2. The highest BCUT2D eigenvalue weighted by Gasteiger charge is 2.27. The van der Waals surface area contributed by atoms with Crippen LogP contribution < -0.4 is 9.47 Å². The molecule has 6 heteroatoms. The van der Waals surface area contributed by atoms with Gasteiger partial charge in [0, 0.05) is 18.7 Å². The van der Waals surface area contributed by atoms with Gasteiger partial charge in [-0.1, -0.05) is 35.5 Å². The van der Waals surface area contributed by atoms with E-state index in [-0.39, 0.29) is 5.91 Å². The Kier molecular flexibility index (Phi) is 4.54. The average Bonchev–Trinajstić information content (AvgIpc) is 3.22. The molecule has 1 aliphatic heterocycles. The van der Waals surface area contributed by atoms with E-state index in [9.17, 15) is 4.79 Å². The van der Waals surface area contributed by atoms with Crippen molar-refractivity contribution >= 4 is 5.91 Å². The van der Waals surface area contributed by atoms with Crippen molar-refractivity contribution in [3.63, 3.8) is 0 Å². The van der Waals surface area contributed by atoms with Gasteiger partial charge in [0.25, 0.3) is 5.91 Å². The molecule has 1 aromatic heterocycles. The third kappa shape index (κ3) is 3.14. The second-order valence-electron chi connectivity index (χ2n) is 6.39. The summed E-state index contributed by atoms with van der Waals surface area (Å²) < 4.78 is 16.1. The normalized spacial score (nSPS) is 13.2. The van der Waals surface area contributed by atoms with Crippen molar-refractivity contribution in [3.8, 4) is 22.8 Å². The molecule has 0 saturated carbocycles. The van der Waals surface area contributed by atoms with Crippen LogP contribution in [0.1, 0.15) is 21.5 Å². The van der Waals surface area contributed by atoms with E-state index in [4.69, 9.17) is 14.0 Å². The molecule has 0 N–H and O–H groups in total. The number of aromatic nitrogens is 1. The van der Waals surface area contributed by atoms with Crippen molar-refractivity contribution in [2.24, 2.45) is 0 Å². The molecule has 0 unspecified atom stereocenters. The monoisotopic (exact) mass is 364 g/mol. The van der Waals surface area contributed by atoms with E-state index in [0.29, 0.717) is 35.9 Å². The number of ether oxygens (including phenoxy) is 2. The largest absolute Gasteiger partial charge is 0.493 e. The van der Waals surface area contributed by atoms with Gasteiger partial charge in [0.2, 0.25) is 0 Å². The van der Waals surface area contributed by atoms with Gasteiger partial charge in [0.15, 0.2) is 17.3 Å². The molecule has 4 rings (SSSR count). The molecule has 1 aliphatic rings. The van der Waals surface area contributed by atoms with E-state index in [1.165, 1.54) is 11.8 Å². The van der Waals surface area contributed by atoms with Gasteiger partial charge in [0.1, 0.15) is 5.56 Å². The van der Waals surface area contributed by atoms with Gasteiger partial charge in [-0.05, 0) is 29.7 Å². The van der Waals surface area contributed by atoms with Crippen LogP contribution in [0.25, 0.3) is 11.3 Å². The molecule has 2 aromatic carbocycles. The molecule has 0 saturated heterocycles. The van der Waals surface area contributed by atoms with Crippen LogP contribution >= 0.6 is 0 Å². The zero-order valence-corrected chi connectivity index (χ0v) is 15.3. The number of benzene rings is 2. The third-order valence-electron chi connectivity index (χ3n) is 4.84. The number of hydrogen-bond donors (Lipinski definition) is 0. The van der Waals surface area contributed by atoms with Gasteiger partial charge < -0.3 is 18.9 Å². The Morgan fingerprint density at radius 3 is 2.48 bits per heavy atom. The second-order valence-corrected chi connectivity index (χ2v) is 6.39. The topological polar surface area (TPSA) is 64.8 Å². The maximum absolute atomic E-state index is 13.1. The van der Waals surface area contributed by atoms with Crippen LogP contribution in [0.2, 0.25) is 0 Å². The smallest absolute Gasteiger partial charge is 0.259 e. The maximum atomic E-state index is 13.1. The lowest BCUT2D eigenvalue weighted by Gasteiger charge is -2.29. The van der Waals surface area contributed by atoms with Gasteiger partial charge in [-0.2, -0.15) is 0 Å². The Hall–Kier alpha value is -3.28. The molecule has 6 nitrogen and oxygen atoms in total. The fourth-order valence-electron chi connectivity index (χ4n) is 3.42. The number of amides is 1. The van der Waals surface area contributed by atoms with Crippen LogP contribution in [0.15, 0.2) is 53.2 Å². The van der Waals surface area contributed by atoms with Gasteiger partial charge in [-0.25, -0.2) is 0 Å². The standard InChI is InChI=1S/C21H20N2O4/c1-25-18-10-15-8-9-23(13-16(15)11-19(18)26-2)21(24)17-12-22-27-20(17)14-6-4-3-5-7-14/h3-7,10-12H,8-9,13H2,1-2H3. The minimum absolute atomic E-state index is 0.0875. The molecular weight excluding hydrogens is 344 g/mol. The Morgan fingerprint density at radius 1 is 1.07 bits per heavy atom. The summed E-state index contributed by atoms with van der Waals surface area (Å²) in [7, 11) is 3.24. The van der Waals surface area contributed by atoms with Gasteiger partial charge >= 0.3 is 0 Å². The lowest BCUT2D eigenvalue weighted by Crippen LogP contribution is -2.36. The molecule has 0 fully saturated rings. The van der Waals surface area contributed by atoms with E-state index in [1.807, 2.05) is 47.4 Å². The molecule has 0 bridgehead atoms. The first kappa shape index (κ1) is 17.1. The molecule has 27 heavy (non-hydrogen) atoms. The fourth-order valence-corrected chi connectivity index (χ4v) is 3.42. The molecular formula is C21H20N2O4. The number of nitrogens with zero attached hydrogens (tertiary/aromatic N) is 2. The first-order valence-electron chi connectivity index (χ1n) is 8.74.